The molecule has 0 unspecified atom stereocenters. The van der Waals surface area contributed by atoms with Gasteiger partial charge in [0, 0.05) is 18.8 Å². The van der Waals surface area contributed by atoms with Crippen molar-refractivity contribution in [2.24, 2.45) is 5.73 Å². The van der Waals surface area contributed by atoms with Crippen LogP contribution in [-0.2, 0) is 16.1 Å². The Balaban J connectivity index is 2.31. The van der Waals surface area contributed by atoms with Crippen LogP contribution in [-0.4, -0.2) is 37.0 Å². The second-order valence-electron chi connectivity index (χ2n) is 3.47. The molecule has 7 nitrogen and oxygen atoms in total. The van der Waals surface area contributed by atoms with Crippen molar-refractivity contribution in [1.29, 1.82) is 0 Å². The molecule has 1 aromatic heterocycles. The van der Waals surface area contributed by atoms with Crippen LogP contribution in [0.25, 0.3) is 0 Å². The van der Waals surface area contributed by atoms with Crippen molar-refractivity contribution in [2.75, 3.05) is 20.2 Å². The molecule has 98 valence electrons. The zero-order chi connectivity index (χ0) is 13.4. The van der Waals surface area contributed by atoms with Gasteiger partial charge in [-0.25, -0.2) is 4.98 Å². The monoisotopic (exact) mass is 252 g/mol. The highest BCUT2D eigenvalue weighted by Crippen LogP contribution is 2.05. The van der Waals surface area contributed by atoms with E-state index < -0.39 is 0 Å². The third-order valence-corrected chi connectivity index (χ3v) is 2.13. The molecule has 0 atom stereocenters. The number of hydrogen-bond donors (Lipinski definition) is 3. The molecular formula is C11H16N4O3. The normalized spacial score (nSPS) is 9.67. The molecule has 1 aromatic rings. The number of aromatic nitrogens is 1. The lowest BCUT2D eigenvalue weighted by molar-refractivity contribution is -0.125. The molecule has 0 fully saturated rings. The van der Waals surface area contributed by atoms with E-state index in [0.717, 1.165) is 5.56 Å². The number of nitrogens with zero attached hydrogens (tertiary/aromatic N) is 1. The van der Waals surface area contributed by atoms with Crippen LogP contribution in [0.5, 0.6) is 5.88 Å². The van der Waals surface area contributed by atoms with Gasteiger partial charge in [0.15, 0.2) is 0 Å². The van der Waals surface area contributed by atoms with Crippen molar-refractivity contribution < 1.29 is 14.3 Å². The van der Waals surface area contributed by atoms with E-state index in [2.05, 4.69) is 15.6 Å². The summed E-state index contributed by atoms with van der Waals surface area (Å²) < 4.78 is 4.91. The summed E-state index contributed by atoms with van der Waals surface area (Å²) in [6.07, 6.45) is 1.61. The molecule has 0 aromatic carbocycles. The van der Waals surface area contributed by atoms with Crippen LogP contribution in [0.3, 0.4) is 0 Å². The van der Waals surface area contributed by atoms with Gasteiger partial charge in [0.25, 0.3) is 0 Å². The first-order valence-electron chi connectivity index (χ1n) is 5.38. The number of nitrogens with one attached hydrogen (secondary N) is 2. The number of hydrogen-bond acceptors (Lipinski definition) is 5. The van der Waals surface area contributed by atoms with E-state index in [-0.39, 0.29) is 24.9 Å². The van der Waals surface area contributed by atoms with Gasteiger partial charge in [-0.3, -0.25) is 9.59 Å². The molecule has 0 spiro atoms. The molecule has 2 amide bonds. The van der Waals surface area contributed by atoms with Crippen molar-refractivity contribution in [3.8, 4) is 5.88 Å². The molecule has 0 radical (unpaired) electrons. The smallest absolute Gasteiger partial charge is 0.239 e. The van der Waals surface area contributed by atoms with Gasteiger partial charge in [0.05, 0.1) is 20.2 Å². The molecule has 0 saturated heterocycles. The predicted molar refractivity (Wildman–Crippen MR) is 64.7 cm³/mol. The fraction of sp³-hybridized carbons (Fsp3) is 0.364. The summed E-state index contributed by atoms with van der Waals surface area (Å²) in [4.78, 5) is 26.2. The van der Waals surface area contributed by atoms with E-state index in [1.165, 1.54) is 7.11 Å². The van der Waals surface area contributed by atoms with Crippen LogP contribution >= 0.6 is 0 Å². The second kappa shape index (κ2) is 7.23. The largest absolute Gasteiger partial charge is 0.481 e. The molecule has 0 aliphatic heterocycles. The standard InChI is InChI=1S/C11H16N4O3/c1-18-11-3-2-8(6-15-11)5-13-10(17)7-14-9(16)4-12/h2-3,6H,4-5,7,12H2,1H3,(H,13,17)(H,14,16). The highest BCUT2D eigenvalue weighted by molar-refractivity contribution is 5.85. The van der Waals surface area contributed by atoms with Gasteiger partial charge in [-0.05, 0) is 5.56 Å². The number of amides is 2. The van der Waals surface area contributed by atoms with Gasteiger partial charge in [0.1, 0.15) is 0 Å². The van der Waals surface area contributed by atoms with Crippen molar-refractivity contribution in [3.05, 3.63) is 23.9 Å². The number of carbonyl (C=O) groups is 2. The average Bonchev–Trinajstić information content (AvgIpc) is 2.42. The first-order chi connectivity index (χ1) is 8.65. The lowest BCUT2D eigenvalue weighted by Crippen LogP contribution is -2.39. The summed E-state index contributed by atoms with van der Waals surface area (Å²) in [5.74, 6) is -0.135. The second-order valence-corrected chi connectivity index (χ2v) is 3.47. The van der Waals surface area contributed by atoms with Gasteiger partial charge >= 0.3 is 0 Å². The highest BCUT2D eigenvalue weighted by Gasteiger charge is 2.03. The molecule has 0 bridgehead atoms. The average molecular weight is 252 g/mol. The van der Waals surface area contributed by atoms with Gasteiger partial charge < -0.3 is 21.1 Å². The third kappa shape index (κ3) is 4.79. The minimum Gasteiger partial charge on any atom is -0.481 e. The number of methoxy groups -OCH3 is 1. The predicted octanol–water partition coefficient (Wildman–Crippen LogP) is -1.22. The van der Waals surface area contributed by atoms with Crippen LogP contribution in [0, 0.1) is 0 Å². The summed E-state index contributed by atoms with van der Waals surface area (Å²) >= 11 is 0. The third-order valence-electron chi connectivity index (χ3n) is 2.13. The number of pyridine rings is 1. The quantitative estimate of drug-likeness (QED) is 0.588. The summed E-state index contributed by atoms with van der Waals surface area (Å²) in [6, 6.07) is 3.50. The Kier molecular flexibility index (Phi) is 5.59. The van der Waals surface area contributed by atoms with E-state index >= 15 is 0 Å². The summed E-state index contributed by atoms with van der Waals surface area (Å²) in [5.41, 5.74) is 5.93. The van der Waals surface area contributed by atoms with Crippen molar-refractivity contribution in [1.82, 2.24) is 15.6 Å². The molecule has 18 heavy (non-hydrogen) atoms. The number of ether oxygens (including phenoxy) is 1. The Hall–Kier alpha value is -2.15. The van der Waals surface area contributed by atoms with E-state index in [4.69, 9.17) is 10.5 Å². The molecule has 7 heteroatoms. The van der Waals surface area contributed by atoms with E-state index in [9.17, 15) is 9.59 Å². The minimum absolute atomic E-state index is 0.0837. The van der Waals surface area contributed by atoms with Crippen LogP contribution < -0.4 is 21.1 Å². The fourth-order valence-corrected chi connectivity index (χ4v) is 1.15. The van der Waals surface area contributed by atoms with Crippen molar-refractivity contribution in [3.63, 3.8) is 0 Å². The lowest BCUT2D eigenvalue weighted by atomic mass is 10.3. The maximum absolute atomic E-state index is 11.3. The minimum atomic E-state index is -0.365. The Morgan fingerprint density at radius 3 is 2.67 bits per heavy atom. The Labute approximate surface area is 105 Å². The molecule has 1 heterocycles. The number of rotatable bonds is 6. The van der Waals surface area contributed by atoms with Crippen LogP contribution in [0.1, 0.15) is 5.56 Å². The maximum Gasteiger partial charge on any atom is 0.239 e. The van der Waals surface area contributed by atoms with Crippen LogP contribution in [0.2, 0.25) is 0 Å². The van der Waals surface area contributed by atoms with E-state index in [1.54, 1.807) is 18.3 Å². The van der Waals surface area contributed by atoms with E-state index in [1.807, 2.05) is 0 Å². The van der Waals surface area contributed by atoms with Crippen LogP contribution in [0.4, 0.5) is 0 Å². The van der Waals surface area contributed by atoms with Gasteiger partial charge in [-0.1, -0.05) is 6.07 Å². The van der Waals surface area contributed by atoms with Crippen molar-refractivity contribution in [2.45, 2.75) is 6.54 Å². The van der Waals surface area contributed by atoms with Gasteiger partial charge in [0.2, 0.25) is 17.7 Å². The Morgan fingerprint density at radius 2 is 2.11 bits per heavy atom. The summed E-state index contributed by atoms with van der Waals surface area (Å²) in [6.45, 7) is 0.129. The molecule has 0 aliphatic carbocycles. The zero-order valence-corrected chi connectivity index (χ0v) is 10.1. The fourth-order valence-electron chi connectivity index (χ4n) is 1.15. The summed E-state index contributed by atoms with van der Waals surface area (Å²) in [7, 11) is 1.53. The highest BCUT2D eigenvalue weighted by atomic mass is 16.5. The molecule has 1 rings (SSSR count). The first kappa shape index (κ1) is 13.9. The van der Waals surface area contributed by atoms with Gasteiger partial charge in [-0.2, -0.15) is 0 Å². The van der Waals surface area contributed by atoms with E-state index in [0.29, 0.717) is 12.4 Å². The SMILES string of the molecule is COc1ccc(CNC(=O)CNC(=O)CN)cn1. The lowest BCUT2D eigenvalue weighted by Gasteiger charge is -2.06. The van der Waals surface area contributed by atoms with Crippen LogP contribution in [0.15, 0.2) is 18.3 Å². The molecule has 4 N–H and O–H groups in total. The van der Waals surface area contributed by atoms with Crippen molar-refractivity contribution >= 4 is 11.8 Å². The Bertz CT molecular complexity index is 405. The van der Waals surface area contributed by atoms with Gasteiger partial charge in [-0.15, -0.1) is 0 Å². The molecule has 0 aliphatic rings. The first-order valence-corrected chi connectivity index (χ1v) is 5.38. The Morgan fingerprint density at radius 1 is 1.33 bits per heavy atom. The maximum atomic E-state index is 11.3. The molecular weight excluding hydrogens is 236 g/mol. The topological polar surface area (TPSA) is 106 Å². The number of nitrogens with two attached hydrogens (primary N) is 1. The zero-order valence-electron chi connectivity index (χ0n) is 10.1. The summed E-state index contributed by atoms with van der Waals surface area (Å²) in [5, 5.41) is 5.02. The number of carbonyl (C=O) groups excluding carboxylic acids is 2. The molecule has 0 saturated carbocycles.